The number of pyridine rings is 1. The van der Waals surface area contributed by atoms with Crippen molar-refractivity contribution in [3.63, 3.8) is 0 Å². The Balaban J connectivity index is 1.61. The van der Waals surface area contributed by atoms with Crippen LogP contribution in [0.15, 0.2) is 40.7 Å². The number of fused-ring (bicyclic) bond motifs is 1. The van der Waals surface area contributed by atoms with Crippen LogP contribution in [0.4, 0.5) is 0 Å². The fourth-order valence-electron chi connectivity index (χ4n) is 3.27. The third-order valence-electron chi connectivity index (χ3n) is 4.45. The number of ether oxygens (including phenoxy) is 1. The summed E-state index contributed by atoms with van der Waals surface area (Å²) in [6.07, 6.45) is 6.34. The molecular formula is C17H17N5O2. The van der Waals surface area contributed by atoms with Gasteiger partial charge in [-0.3, -0.25) is 9.78 Å². The maximum atomic E-state index is 12.4. The Morgan fingerprint density at radius 3 is 2.79 bits per heavy atom. The molecule has 2 aliphatic heterocycles. The number of aromatic nitrogens is 3. The predicted molar refractivity (Wildman–Crippen MR) is 83.5 cm³/mol. The first-order valence-corrected chi connectivity index (χ1v) is 8.02. The van der Waals surface area contributed by atoms with Gasteiger partial charge in [0.25, 0.3) is 5.91 Å². The van der Waals surface area contributed by atoms with E-state index in [2.05, 4.69) is 24.9 Å². The minimum Gasteiger partial charge on any atom is -0.374 e. The molecule has 4 heterocycles. The molecule has 0 aliphatic carbocycles. The van der Waals surface area contributed by atoms with Gasteiger partial charge in [0.05, 0.1) is 6.10 Å². The first-order valence-electron chi connectivity index (χ1n) is 8.02. The minimum atomic E-state index is -0.497. The van der Waals surface area contributed by atoms with E-state index in [9.17, 15) is 4.79 Å². The molecule has 0 saturated carbocycles. The lowest BCUT2D eigenvalue weighted by Crippen LogP contribution is -2.44. The fraction of sp³-hybridized carbons (Fsp3) is 0.412. The second-order valence-electron chi connectivity index (χ2n) is 6.10. The van der Waals surface area contributed by atoms with E-state index in [1.54, 1.807) is 12.4 Å². The van der Waals surface area contributed by atoms with Crippen LogP contribution in [0.3, 0.4) is 0 Å². The smallest absolute Gasteiger partial charge is 0.272 e. The summed E-state index contributed by atoms with van der Waals surface area (Å²) in [6, 6.07) is 3.49. The topological polar surface area (TPSA) is 89.7 Å². The van der Waals surface area contributed by atoms with E-state index in [1.807, 2.05) is 19.1 Å². The van der Waals surface area contributed by atoms with Crippen LogP contribution < -0.4 is 11.0 Å². The number of nitrogens with zero attached hydrogens (tertiary/aromatic N) is 5. The van der Waals surface area contributed by atoms with Gasteiger partial charge in [-0.15, -0.1) is 0 Å². The van der Waals surface area contributed by atoms with E-state index < -0.39 is 6.04 Å². The minimum absolute atomic E-state index is 0.0447. The van der Waals surface area contributed by atoms with Gasteiger partial charge in [0, 0.05) is 30.9 Å². The summed E-state index contributed by atoms with van der Waals surface area (Å²) in [6.45, 7) is 2.56. The molecule has 122 valence electrons. The van der Waals surface area contributed by atoms with Crippen LogP contribution in [0.2, 0.25) is 0 Å². The molecule has 0 spiro atoms. The summed E-state index contributed by atoms with van der Waals surface area (Å²) in [7, 11) is 0. The summed E-state index contributed by atoms with van der Waals surface area (Å²) in [4.78, 5) is 33.4. The molecule has 2 aromatic rings. The third-order valence-corrected chi connectivity index (χ3v) is 4.45. The van der Waals surface area contributed by atoms with E-state index in [-0.39, 0.29) is 17.9 Å². The Bertz CT molecular complexity index is 898. The molecule has 3 unspecified atom stereocenters. The second-order valence-corrected chi connectivity index (χ2v) is 6.10. The quantitative estimate of drug-likeness (QED) is 0.802. The molecule has 1 saturated heterocycles. The highest BCUT2D eigenvalue weighted by atomic mass is 16.5. The Hall–Kier alpha value is -2.54. The van der Waals surface area contributed by atoms with Crippen LogP contribution in [0.25, 0.3) is 0 Å². The fourth-order valence-corrected chi connectivity index (χ4v) is 3.27. The number of rotatable bonds is 2. The standard InChI is InChI=1S/C17H17N5O2/c1-10-8-11(2-4-18-10)13-9-12(3-7-24-13)14-17(23)22-16-15(21-14)19-5-6-20-16/h2,4-6,8,12-14H,3,7,9H2,1H3. The number of hydrogen-bond acceptors (Lipinski definition) is 6. The Morgan fingerprint density at radius 1 is 1.12 bits per heavy atom. The van der Waals surface area contributed by atoms with E-state index in [4.69, 9.17) is 4.74 Å². The van der Waals surface area contributed by atoms with Crippen LogP contribution in [-0.2, 0) is 9.53 Å². The van der Waals surface area contributed by atoms with E-state index in [0.29, 0.717) is 17.6 Å². The lowest BCUT2D eigenvalue weighted by atomic mass is 9.86. The highest BCUT2D eigenvalue weighted by Gasteiger charge is 2.35. The summed E-state index contributed by atoms with van der Waals surface area (Å²) >= 11 is 0. The van der Waals surface area contributed by atoms with Crippen LogP contribution in [0, 0.1) is 12.8 Å². The molecule has 4 rings (SSSR count). The molecule has 7 heteroatoms. The Morgan fingerprint density at radius 2 is 1.96 bits per heavy atom. The molecule has 2 aromatic heterocycles. The summed E-state index contributed by atoms with van der Waals surface area (Å²) in [5.41, 5.74) is 2.81. The van der Waals surface area contributed by atoms with Crippen molar-refractivity contribution in [3.05, 3.63) is 53.0 Å². The molecule has 1 amide bonds. The first kappa shape index (κ1) is 15.0. The maximum absolute atomic E-state index is 12.4. The number of hydrogen-bond donors (Lipinski definition) is 0. The summed E-state index contributed by atoms with van der Waals surface area (Å²) in [5.74, 6) is -0.150. The van der Waals surface area contributed by atoms with Crippen molar-refractivity contribution < 1.29 is 9.53 Å². The zero-order valence-corrected chi connectivity index (χ0v) is 13.3. The summed E-state index contributed by atoms with van der Waals surface area (Å²) < 4.78 is 5.91. The van der Waals surface area contributed by atoms with E-state index in [0.717, 1.165) is 24.1 Å². The second kappa shape index (κ2) is 6.16. The van der Waals surface area contributed by atoms with Crippen molar-refractivity contribution in [2.75, 3.05) is 6.61 Å². The Labute approximate surface area is 138 Å². The van der Waals surface area contributed by atoms with Crippen LogP contribution in [0.5, 0.6) is 0 Å². The number of amides is 1. The van der Waals surface area contributed by atoms with Gasteiger partial charge >= 0.3 is 0 Å². The molecule has 1 fully saturated rings. The molecule has 0 radical (unpaired) electrons. The van der Waals surface area contributed by atoms with E-state index >= 15 is 0 Å². The van der Waals surface area contributed by atoms with Crippen molar-refractivity contribution in [1.29, 1.82) is 0 Å². The summed E-state index contributed by atoms with van der Waals surface area (Å²) in [5, 5.41) is 0. The largest absolute Gasteiger partial charge is 0.374 e. The molecule has 0 N–H and O–H groups in total. The van der Waals surface area contributed by atoms with E-state index in [1.165, 1.54) is 6.20 Å². The molecule has 0 bridgehead atoms. The van der Waals surface area contributed by atoms with Crippen LogP contribution in [0.1, 0.15) is 30.2 Å². The van der Waals surface area contributed by atoms with Gasteiger partial charge < -0.3 is 4.74 Å². The Kier molecular flexibility index (Phi) is 3.86. The van der Waals surface area contributed by atoms with Gasteiger partial charge in [-0.1, -0.05) is 0 Å². The zero-order valence-electron chi connectivity index (χ0n) is 13.3. The van der Waals surface area contributed by atoms with Crippen molar-refractivity contribution in [2.45, 2.75) is 31.9 Å². The van der Waals surface area contributed by atoms with Gasteiger partial charge in [-0.05, 0) is 43.4 Å². The van der Waals surface area contributed by atoms with Gasteiger partial charge in [-0.2, -0.15) is 4.99 Å². The molecule has 7 nitrogen and oxygen atoms in total. The maximum Gasteiger partial charge on any atom is 0.272 e. The normalized spacial score (nSPS) is 26.2. The predicted octanol–water partition coefficient (Wildman–Crippen LogP) is 0.496. The van der Waals surface area contributed by atoms with Crippen LogP contribution in [-0.4, -0.2) is 33.5 Å². The third kappa shape index (κ3) is 2.82. The van der Waals surface area contributed by atoms with Gasteiger partial charge in [0.2, 0.25) is 5.49 Å². The lowest BCUT2D eigenvalue weighted by Gasteiger charge is -2.32. The van der Waals surface area contributed by atoms with Gasteiger partial charge in [0.15, 0.2) is 5.49 Å². The molecular weight excluding hydrogens is 306 g/mol. The van der Waals surface area contributed by atoms with Crippen molar-refractivity contribution in [3.8, 4) is 0 Å². The number of carbonyl (C=O) groups excluding carboxylic acids is 1. The highest BCUT2D eigenvalue weighted by Crippen LogP contribution is 2.34. The molecule has 2 aliphatic rings. The molecule has 3 atom stereocenters. The zero-order chi connectivity index (χ0) is 16.5. The average molecular weight is 323 g/mol. The molecule has 24 heavy (non-hydrogen) atoms. The molecule has 0 aromatic carbocycles. The SMILES string of the molecule is Cc1cc(C2CC(C3N=c4nccnc4=NC3=O)CCO2)ccn1. The monoisotopic (exact) mass is 323 g/mol. The van der Waals surface area contributed by atoms with Crippen molar-refractivity contribution in [1.82, 2.24) is 15.0 Å². The first-order chi connectivity index (χ1) is 11.7. The van der Waals surface area contributed by atoms with Gasteiger partial charge in [0.1, 0.15) is 6.04 Å². The van der Waals surface area contributed by atoms with Crippen molar-refractivity contribution in [2.24, 2.45) is 15.9 Å². The van der Waals surface area contributed by atoms with Gasteiger partial charge in [-0.25, -0.2) is 15.0 Å². The number of carbonyl (C=O) groups is 1. The van der Waals surface area contributed by atoms with Crippen molar-refractivity contribution >= 4 is 5.91 Å². The number of aryl methyl sites for hydroxylation is 1. The highest BCUT2D eigenvalue weighted by molar-refractivity contribution is 5.83. The average Bonchev–Trinajstić information content (AvgIpc) is 2.61. The van der Waals surface area contributed by atoms with Crippen LogP contribution >= 0.6 is 0 Å². The lowest BCUT2D eigenvalue weighted by molar-refractivity contribution is -0.122.